The van der Waals surface area contributed by atoms with Crippen molar-refractivity contribution in [1.82, 2.24) is 0 Å². The fourth-order valence-corrected chi connectivity index (χ4v) is 2.44. The zero-order chi connectivity index (χ0) is 16.6. The molecule has 0 aromatic heterocycles. The van der Waals surface area contributed by atoms with Crippen LogP contribution in [0.4, 0.5) is 5.69 Å². The molecule has 1 aliphatic heterocycles. The molecule has 1 aliphatic rings. The van der Waals surface area contributed by atoms with Gasteiger partial charge in [-0.05, 0) is 42.0 Å². The van der Waals surface area contributed by atoms with Crippen LogP contribution in [-0.2, 0) is 9.59 Å². The predicted octanol–water partition coefficient (Wildman–Crippen LogP) is 3.05. The molecule has 0 fully saturated rings. The number of imide groups is 1. The number of benzene rings is 2. The molecule has 0 radical (unpaired) electrons. The van der Waals surface area contributed by atoms with E-state index in [9.17, 15) is 14.7 Å². The summed E-state index contributed by atoms with van der Waals surface area (Å²) in [5, 5.41) is 19.3. The Bertz CT molecular complexity index is 878. The van der Waals surface area contributed by atoms with Crippen LogP contribution in [0.25, 0.3) is 5.57 Å². The van der Waals surface area contributed by atoms with E-state index in [1.807, 2.05) is 6.07 Å². The maximum atomic E-state index is 12.6. The Morgan fingerprint density at radius 2 is 1.57 bits per heavy atom. The first-order chi connectivity index (χ1) is 11.0. The molecule has 1 N–H and O–H groups in total. The molecule has 2 aromatic rings. The zero-order valence-corrected chi connectivity index (χ0v) is 12.4. The van der Waals surface area contributed by atoms with Crippen LogP contribution < -0.4 is 4.90 Å². The number of anilines is 1. The maximum Gasteiger partial charge on any atom is 0.301 e. The van der Waals surface area contributed by atoms with Crippen molar-refractivity contribution >= 4 is 34.7 Å². The fourth-order valence-electron chi connectivity index (χ4n) is 2.31. The smallest absolute Gasteiger partial charge is 0.301 e. The number of nitrogens with zero attached hydrogens (tertiary/aromatic N) is 2. The number of nitriles is 1. The minimum Gasteiger partial charge on any atom is -0.502 e. The quantitative estimate of drug-likeness (QED) is 0.861. The van der Waals surface area contributed by atoms with Gasteiger partial charge in [0.1, 0.15) is 0 Å². The highest BCUT2D eigenvalue weighted by atomic mass is 35.5. The fraction of sp³-hybridized carbons (Fsp3) is 0. The van der Waals surface area contributed by atoms with Gasteiger partial charge in [0.25, 0.3) is 5.91 Å². The largest absolute Gasteiger partial charge is 0.502 e. The Hall–Kier alpha value is -3.10. The van der Waals surface area contributed by atoms with Crippen LogP contribution in [-0.4, -0.2) is 16.9 Å². The Kier molecular flexibility index (Phi) is 3.61. The number of hydrogen-bond acceptors (Lipinski definition) is 4. The average molecular weight is 325 g/mol. The molecule has 112 valence electrons. The molecule has 3 rings (SSSR count). The van der Waals surface area contributed by atoms with Crippen LogP contribution in [0.2, 0.25) is 5.02 Å². The number of amides is 2. The third-order valence-corrected chi connectivity index (χ3v) is 3.70. The zero-order valence-electron chi connectivity index (χ0n) is 11.7. The molecule has 0 saturated carbocycles. The molecule has 2 amide bonds. The summed E-state index contributed by atoms with van der Waals surface area (Å²) in [5.41, 5.74) is 1.02. The molecule has 0 bridgehead atoms. The number of carbonyl (C=O) groups is 2. The second kappa shape index (κ2) is 5.59. The molecular weight excluding hydrogens is 316 g/mol. The number of rotatable bonds is 2. The second-order valence-corrected chi connectivity index (χ2v) is 5.27. The van der Waals surface area contributed by atoms with Crippen LogP contribution in [0.5, 0.6) is 0 Å². The lowest BCUT2D eigenvalue weighted by molar-refractivity contribution is -0.121. The van der Waals surface area contributed by atoms with E-state index in [0.717, 1.165) is 4.90 Å². The van der Waals surface area contributed by atoms with Gasteiger partial charge < -0.3 is 5.11 Å². The lowest BCUT2D eigenvalue weighted by Gasteiger charge is -2.14. The van der Waals surface area contributed by atoms with E-state index in [1.165, 1.54) is 24.3 Å². The van der Waals surface area contributed by atoms with Gasteiger partial charge in [0.15, 0.2) is 5.76 Å². The van der Waals surface area contributed by atoms with Gasteiger partial charge in [-0.2, -0.15) is 5.26 Å². The topological polar surface area (TPSA) is 81.4 Å². The van der Waals surface area contributed by atoms with Gasteiger partial charge in [-0.1, -0.05) is 23.7 Å². The predicted molar refractivity (Wildman–Crippen MR) is 84.7 cm³/mol. The van der Waals surface area contributed by atoms with Gasteiger partial charge in [-0.25, -0.2) is 4.90 Å². The van der Waals surface area contributed by atoms with Gasteiger partial charge in [0, 0.05) is 5.02 Å². The number of hydrogen-bond donors (Lipinski definition) is 1. The molecule has 5 nitrogen and oxygen atoms in total. The normalized spacial score (nSPS) is 14.3. The highest BCUT2D eigenvalue weighted by Crippen LogP contribution is 2.32. The number of aliphatic hydroxyl groups excluding tert-OH is 1. The van der Waals surface area contributed by atoms with Crippen molar-refractivity contribution in [3.63, 3.8) is 0 Å². The van der Waals surface area contributed by atoms with E-state index >= 15 is 0 Å². The summed E-state index contributed by atoms with van der Waals surface area (Å²) in [5.74, 6) is -2.04. The summed E-state index contributed by atoms with van der Waals surface area (Å²) in [6.07, 6.45) is 0. The van der Waals surface area contributed by atoms with Gasteiger partial charge in [0.2, 0.25) is 0 Å². The van der Waals surface area contributed by atoms with Crippen LogP contribution in [0.1, 0.15) is 11.1 Å². The molecule has 6 heteroatoms. The van der Waals surface area contributed by atoms with E-state index in [4.69, 9.17) is 16.9 Å². The van der Waals surface area contributed by atoms with E-state index < -0.39 is 17.6 Å². The van der Waals surface area contributed by atoms with E-state index in [0.29, 0.717) is 16.1 Å². The molecule has 0 spiro atoms. The monoisotopic (exact) mass is 324 g/mol. The summed E-state index contributed by atoms with van der Waals surface area (Å²) >= 11 is 5.81. The Morgan fingerprint density at radius 1 is 0.957 bits per heavy atom. The van der Waals surface area contributed by atoms with Gasteiger partial charge >= 0.3 is 5.91 Å². The van der Waals surface area contributed by atoms with Gasteiger partial charge in [-0.15, -0.1) is 0 Å². The van der Waals surface area contributed by atoms with Crippen molar-refractivity contribution in [3.8, 4) is 6.07 Å². The van der Waals surface area contributed by atoms with E-state index in [1.54, 1.807) is 24.3 Å². The second-order valence-electron chi connectivity index (χ2n) is 4.83. The Morgan fingerprint density at radius 3 is 2.13 bits per heavy atom. The molecule has 0 unspecified atom stereocenters. The maximum absolute atomic E-state index is 12.6. The summed E-state index contributed by atoms with van der Waals surface area (Å²) in [4.78, 5) is 25.7. The van der Waals surface area contributed by atoms with Crippen molar-refractivity contribution in [2.45, 2.75) is 0 Å². The first-order valence-corrected chi connectivity index (χ1v) is 6.99. The SMILES string of the molecule is N#Cc1ccc(N2C(=O)C(O)=C(c3ccc(Cl)cc3)C2=O)cc1. The summed E-state index contributed by atoms with van der Waals surface area (Å²) in [7, 11) is 0. The van der Waals surface area contributed by atoms with Crippen molar-refractivity contribution in [2.75, 3.05) is 4.90 Å². The summed E-state index contributed by atoms with van der Waals surface area (Å²) in [6, 6.07) is 14.2. The molecule has 23 heavy (non-hydrogen) atoms. The van der Waals surface area contributed by atoms with Crippen molar-refractivity contribution in [3.05, 3.63) is 70.4 Å². The lowest BCUT2D eigenvalue weighted by atomic mass is 10.1. The van der Waals surface area contributed by atoms with Crippen LogP contribution in [0, 0.1) is 11.3 Å². The lowest BCUT2D eigenvalue weighted by Crippen LogP contribution is -2.31. The standard InChI is InChI=1S/C17H9ClN2O3/c18-12-5-3-11(4-6-12)14-15(21)17(23)20(16(14)22)13-7-1-10(9-19)2-8-13/h1-8,21H. The molecule has 0 saturated heterocycles. The summed E-state index contributed by atoms with van der Waals surface area (Å²) < 4.78 is 0. The van der Waals surface area contributed by atoms with Crippen LogP contribution in [0.3, 0.4) is 0 Å². The number of aliphatic hydroxyl groups is 1. The van der Waals surface area contributed by atoms with E-state index in [-0.39, 0.29) is 11.3 Å². The Labute approximate surface area is 136 Å². The van der Waals surface area contributed by atoms with Crippen LogP contribution >= 0.6 is 11.6 Å². The van der Waals surface area contributed by atoms with Crippen molar-refractivity contribution in [2.24, 2.45) is 0 Å². The van der Waals surface area contributed by atoms with Crippen molar-refractivity contribution < 1.29 is 14.7 Å². The third-order valence-electron chi connectivity index (χ3n) is 3.45. The van der Waals surface area contributed by atoms with Gasteiger partial charge in [0.05, 0.1) is 22.9 Å². The number of carbonyl (C=O) groups excluding carboxylic acids is 2. The van der Waals surface area contributed by atoms with E-state index in [2.05, 4.69) is 0 Å². The van der Waals surface area contributed by atoms with Crippen LogP contribution in [0.15, 0.2) is 54.3 Å². The molecule has 2 aromatic carbocycles. The first kappa shape index (κ1) is 14.8. The summed E-state index contributed by atoms with van der Waals surface area (Å²) in [6.45, 7) is 0. The number of halogens is 1. The Balaban J connectivity index is 2.01. The third kappa shape index (κ3) is 2.45. The van der Waals surface area contributed by atoms with Crippen molar-refractivity contribution in [1.29, 1.82) is 5.26 Å². The minimum absolute atomic E-state index is 0.0731. The molecular formula is C17H9ClN2O3. The first-order valence-electron chi connectivity index (χ1n) is 6.61. The highest BCUT2D eigenvalue weighted by molar-refractivity contribution is 6.45. The minimum atomic E-state index is -0.801. The molecule has 0 aliphatic carbocycles. The highest BCUT2D eigenvalue weighted by Gasteiger charge is 2.40. The molecule has 1 heterocycles. The average Bonchev–Trinajstić information content (AvgIpc) is 2.78. The van der Waals surface area contributed by atoms with Gasteiger partial charge in [-0.3, -0.25) is 9.59 Å². The molecule has 0 atom stereocenters.